The van der Waals surface area contributed by atoms with Crippen LogP contribution >= 0.6 is 0 Å². The van der Waals surface area contributed by atoms with Crippen LogP contribution in [0.5, 0.6) is 0 Å². The summed E-state index contributed by atoms with van der Waals surface area (Å²) in [4.78, 5) is 0. The van der Waals surface area contributed by atoms with E-state index in [1.165, 1.54) is 0 Å². The van der Waals surface area contributed by atoms with Crippen molar-refractivity contribution in [1.82, 2.24) is 4.57 Å². The Kier molecular flexibility index (Phi) is 2.48. The van der Waals surface area contributed by atoms with Crippen molar-refractivity contribution in [3.63, 3.8) is 0 Å². The zero-order chi connectivity index (χ0) is 13.0. The summed E-state index contributed by atoms with van der Waals surface area (Å²) in [5, 5.41) is 21.1. The van der Waals surface area contributed by atoms with Gasteiger partial charge in [-0.15, -0.1) is 0 Å². The molecule has 1 aliphatic carbocycles. The van der Waals surface area contributed by atoms with E-state index >= 15 is 0 Å². The van der Waals surface area contributed by atoms with Crippen LogP contribution in [0.25, 0.3) is 10.9 Å². The highest BCUT2D eigenvalue weighted by Crippen LogP contribution is 2.42. The van der Waals surface area contributed by atoms with Crippen molar-refractivity contribution < 1.29 is 10.2 Å². The first-order valence-electron chi connectivity index (χ1n) is 6.19. The van der Waals surface area contributed by atoms with Crippen LogP contribution < -0.4 is 5.73 Å². The Balaban J connectivity index is 2.21. The Morgan fingerprint density at radius 3 is 2.44 bits per heavy atom. The predicted molar refractivity (Wildman–Crippen MR) is 70.4 cm³/mol. The van der Waals surface area contributed by atoms with E-state index in [9.17, 15) is 10.2 Å². The minimum atomic E-state index is -0.662. The molecule has 0 spiro atoms. The third kappa shape index (κ3) is 1.31. The van der Waals surface area contributed by atoms with Gasteiger partial charge in [-0.3, -0.25) is 0 Å². The Labute approximate surface area is 106 Å². The molecule has 2 atom stereocenters. The first kappa shape index (κ1) is 11.7. The van der Waals surface area contributed by atoms with Crippen LogP contribution in [0.1, 0.15) is 17.2 Å². The Hall–Kier alpha value is -1.36. The van der Waals surface area contributed by atoms with E-state index in [1.807, 2.05) is 38.2 Å². The number of rotatable bonds is 1. The second-order valence-electron chi connectivity index (χ2n) is 5.16. The molecule has 4 heteroatoms. The van der Waals surface area contributed by atoms with Crippen LogP contribution in [0, 0.1) is 6.92 Å². The van der Waals surface area contributed by atoms with E-state index in [4.69, 9.17) is 5.73 Å². The number of nitrogens with zero attached hydrogens (tertiary/aromatic N) is 1. The Morgan fingerprint density at radius 1 is 1.17 bits per heavy atom. The van der Waals surface area contributed by atoms with Crippen molar-refractivity contribution in [1.29, 1.82) is 0 Å². The minimum absolute atomic E-state index is 0.272. The first-order valence-corrected chi connectivity index (χ1v) is 6.19. The third-order valence-electron chi connectivity index (χ3n) is 4.31. The fraction of sp³-hybridized carbons (Fsp3) is 0.429. The summed E-state index contributed by atoms with van der Waals surface area (Å²) in [6.45, 7) is 2.01. The average Bonchev–Trinajstić information content (AvgIpc) is 2.64. The van der Waals surface area contributed by atoms with Gasteiger partial charge < -0.3 is 20.5 Å². The lowest BCUT2D eigenvalue weighted by Crippen LogP contribution is -2.62. The number of aromatic nitrogens is 1. The molecule has 0 amide bonds. The third-order valence-corrected chi connectivity index (χ3v) is 4.31. The summed E-state index contributed by atoms with van der Waals surface area (Å²) in [5.41, 5.74) is 8.90. The lowest BCUT2D eigenvalue weighted by atomic mass is 9.70. The van der Waals surface area contributed by atoms with Crippen LogP contribution in [-0.2, 0) is 7.05 Å². The van der Waals surface area contributed by atoms with Crippen LogP contribution in [0.2, 0.25) is 0 Å². The molecular formula is C14H18N2O2. The maximum absolute atomic E-state index is 10.00. The molecule has 3 rings (SSSR count). The van der Waals surface area contributed by atoms with E-state index in [2.05, 4.69) is 4.57 Å². The van der Waals surface area contributed by atoms with Crippen molar-refractivity contribution >= 4 is 10.9 Å². The maximum Gasteiger partial charge on any atom is 0.0811 e. The van der Waals surface area contributed by atoms with Gasteiger partial charge in [0, 0.05) is 29.6 Å². The summed E-state index contributed by atoms with van der Waals surface area (Å²) in [6, 6.07) is 7.51. The Morgan fingerprint density at radius 2 is 1.78 bits per heavy atom. The highest BCUT2D eigenvalue weighted by atomic mass is 16.3. The van der Waals surface area contributed by atoms with Crippen molar-refractivity contribution in [3.05, 3.63) is 35.5 Å². The number of aryl methyl sites for hydroxylation is 1. The van der Waals surface area contributed by atoms with Crippen LogP contribution in [0.4, 0.5) is 0 Å². The quantitative estimate of drug-likeness (QED) is 0.691. The molecule has 1 aliphatic rings. The number of fused-ring (bicyclic) bond motifs is 1. The van der Waals surface area contributed by atoms with Crippen LogP contribution in [0.15, 0.2) is 24.3 Å². The molecule has 0 bridgehead atoms. The fourth-order valence-electron chi connectivity index (χ4n) is 3.05. The number of para-hydroxylation sites is 1. The molecule has 2 unspecified atom stereocenters. The monoisotopic (exact) mass is 246 g/mol. The lowest BCUT2D eigenvalue weighted by Gasteiger charge is -2.44. The fourth-order valence-corrected chi connectivity index (χ4v) is 3.05. The highest BCUT2D eigenvalue weighted by Gasteiger charge is 2.49. The second kappa shape index (κ2) is 3.82. The summed E-state index contributed by atoms with van der Waals surface area (Å²) in [6.07, 6.45) is -1.32. The molecule has 4 nitrogen and oxygen atoms in total. The summed E-state index contributed by atoms with van der Waals surface area (Å²) >= 11 is 0. The molecule has 18 heavy (non-hydrogen) atoms. The smallest absolute Gasteiger partial charge is 0.0811 e. The molecule has 1 fully saturated rings. The van der Waals surface area contributed by atoms with Gasteiger partial charge in [-0.2, -0.15) is 0 Å². The second-order valence-corrected chi connectivity index (χ2v) is 5.16. The molecule has 4 N–H and O–H groups in total. The van der Waals surface area contributed by atoms with E-state index in [-0.39, 0.29) is 5.92 Å². The zero-order valence-electron chi connectivity index (χ0n) is 10.5. The van der Waals surface area contributed by atoms with Gasteiger partial charge in [-0.25, -0.2) is 0 Å². The molecular weight excluding hydrogens is 228 g/mol. The summed E-state index contributed by atoms with van der Waals surface area (Å²) in [5.74, 6) is -0.272. The highest BCUT2D eigenvalue weighted by molar-refractivity contribution is 5.86. The van der Waals surface area contributed by atoms with E-state index < -0.39 is 18.2 Å². The Bertz CT molecular complexity index is 595. The molecule has 1 heterocycles. The van der Waals surface area contributed by atoms with Gasteiger partial charge in [0.25, 0.3) is 0 Å². The topological polar surface area (TPSA) is 71.4 Å². The molecule has 0 saturated heterocycles. The summed E-state index contributed by atoms with van der Waals surface area (Å²) in [7, 11) is 2.00. The number of benzene rings is 1. The molecule has 2 aromatic rings. The minimum Gasteiger partial charge on any atom is -0.391 e. The summed E-state index contributed by atoms with van der Waals surface area (Å²) < 4.78 is 2.09. The van der Waals surface area contributed by atoms with Gasteiger partial charge in [-0.1, -0.05) is 18.2 Å². The maximum atomic E-state index is 10.00. The first-order chi connectivity index (χ1) is 8.54. The standard InChI is InChI=1S/C14H18N2O2/c1-7-10(11-13(17)12(15)14(11)18)8-5-3-4-6-9(8)16(7)2/h3-6,11-14,17-18H,15H2,1-2H3. The van der Waals surface area contributed by atoms with Crippen LogP contribution in [-0.4, -0.2) is 33.0 Å². The average molecular weight is 246 g/mol. The molecule has 0 aliphatic heterocycles. The van der Waals surface area contributed by atoms with Crippen molar-refractivity contribution in [2.45, 2.75) is 31.1 Å². The largest absolute Gasteiger partial charge is 0.391 e. The van der Waals surface area contributed by atoms with Crippen LogP contribution in [0.3, 0.4) is 0 Å². The van der Waals surface area contributed by atoms with Crippen molar-refractivity contribution in [2.24, 2.45) is 12.8 Å². The number of hydrogen-bond acceptors (Lipinski definition) is 3. The number of hydrogen-bond donors (Lipinski definition) is 3. The van der Waals surface area contributed by atoms with Gasteiger partial charge in [0.05, 0.1) is 18.2 Å². The normalized spacial score (nSPS) is 31.6. The number of aliphatic hydroxyl groups is 2. The van der Waals surface area contributed by atoms with Gasteiger partial charge in [-0.05, 0) is 18.6 Å². The molecule has 0 radical (unpaired) electrons. The SMILES string of the molecule is Cc1c(C2C(O)C(N)C2O)c2ccccc2n1C. The lowest BCUT2D eigenvalue weighted by molar-refractivity contribution is -0.0740. The van der Waals surface area contributed by atoms with Gasteiger partial charge >= 0.3 is 0 Å². The van der Waals surface area contributed by atoms with Gasteiger partial charge in [0.15, 0.2) is 0 Å². The van der Waals surface area contributed by atoms with Gasteiger partial charge in [0.1, 0.15) is 0 Å². The molecule has 1 saturated carbocycles. The zero-order valence-corrected chi connectivity index (χ0v) is 10.5. The number of aliphatic hydroxyl groups excluding tert-OH is 2. The van der Waals surface area contributed by atoms with E-state index in [0.29, 0.717) is 0 Å². The molecule has 1 aromatic carbocycles. The van der Waals surface area contributed by atoms with E-state index in [0.717, 1.165) is 22.2 Å². The van der Waals surface area contributed by atoms with Gasteiger partial charge in [0.2, 0.25) is 0 Å². The molecule has 96 valence electrons. The molecule has 1 aromatic heterocycles. The van der Waals surface area contributed by atoms with Crippen molar-refractivity contribution in [2.75, 3.05) is 0 Å². The number of nitrogens with two attached hydrogens (primary N) is 1. The predicted octanol–water partition coefficient (Wildman–Crippen LogP) is 0.633. The van der Waals surface area contributed by atoms with E-state index in [1.54, 1.807) is 0 Å². The van der Waals surface area contributed by atoms with Crippen molar-refractivity contribution in [3.8, 4) is 0 Å².